The molecule has 88 valence electrons. The lowest BCUT2D eigenvalue weighted by Crippen LogP contribution is -2.07. The van der Waals surface area contributed by atoms with Gasteiger partial charge in [-0.15, -0.1) is 0 Å². The van der Waals surface area contributed by atoms with Crippen LogP contribution in [-0.2, 0) is 4.79 Å². The van der Waals surface area contributed by atoms with E-state index in [4.69, 9.17) is 0 Å². The normalized spacial score (nSPS) is 10.4. The van der Waals surface area contributed by atoms with E-state index in [0.717, 1.165) is 18.7 Å². The Hall–Kier alpha value is -1.31. The summed E-state index contributed by atoms with van der Waals surface area (Å²) in [6, 6.07) is 10.1. The molecule has 2 heteroatoms. The topological polar surface area (TPSA) is 29.1 Å². The zero-order valence-electron chi connectivity index (χ0n) is 10.2. The van der Waals surface area contributed by atoms with Crippen molar-refractivity contribution in [1.82, 2.24) is 0 Å². The molecule has 1 N–H and O–H groups in total. The van der Waals surface area contributed by atoms with E-state index in [1.807, 2.05) is 30.3 Å². The van der Waals surface area contributed by atoms with Crippen molar-refractivity contribution >= 4 is 11.5 Å². The highest BCUT2D eigenvalue weighted by Gasteiger charge is 2.04. The van der Waals surface area contributed by atoms with Crippen molar-refractivity contribution in [2.24, 2.45) is 5.92 Å². The fraction of sp³-hybridized carbons (Fsp3) is 0.500. The number of hydrogen-bond donors (Lipinski definition) is 1. The minimum Gasteiger partial charge on any atom is -0.385 e. The van der Waals surface area contributed by atoms with E-state index in [1.165, 1.54) is 0 Å². The summed E-state index contributed by atoms with van der Waals surface area (Å²) in [5.41, 5.74) is 1.12. The van der Waals surface area contributed by atoms with E-state index in [-0.39, 0.29) is 0 Å². The third kappa shape index (κ3) is 5.54. The average Bonchev–Trinajstić information content (AvgIpc) is 2.25. The number of Topliss-reactive ketones (excluding diaryl/α,β-unsaturated/α-hetero) is 1. The first-order chi connectivity index (χ1) is 7.68. The molecule has 1 rings (SSSR count). The van der Waals surface area contributed by atoms with Crippen molar-refractivity contribution in [1.29, 1.82) is 0 Å². The Labute approximate surface area is 98.1 Å². The van der Waals surface area contributed by atoms with Crippen LogP contribution >= 0.6 is 0 Å². The SMILES string of the molecule is CC(C)CC(=O)CCCNc1ccccc1. The molecule has 0 spiro atoms. The lowest BCUT2D eigenvalue weighted by molar-refractivity contribution is -0.119. The van der Waals surface area contributed by atoms with Crippen molar-refractivity contribution in [3.8, 4) is 0 Å². The van der Waals surface area contributed by atoms with Gasteiger partial charge in [0, 0.05) is 25.1 Å². The van der Waals surface area contributed by atoms with Gasteiger partial charge in [0.05, 0.1) is 0 Å². The summed E-state index contributed by atoms with van der Waals surface area (Å²) in [5.74, 6) is 0.861. The standard InChI is InChI=1S/C14H21NO/c1-12(2)11-14(16)9-6-10-15-13-7-4-3-5-8-13/h3-5,7-8,12,15H,6,9-11H2,1-2H3. The molecule has 2 nitrogen and oxygen atoms in total. The summed E-state index contributed by atoms with van der Waals surface area (Å²) in [6.45, 7) is 5.04. The van der Waals surface area contributed by atoms with Gasteiger partial charge < -0.3 is 5.32 Å². The molecule has 0 saturated carbocycles. The van der Waals surface area contributed by atoms with Gasteiger partial charge in [-0.1, -0.05) is 32.0 Å². The van der Waals surface area contributed by atoms with Gasteiger partial charge in [-0.25, -0.2) is 0 Å². The molecule has 0 fully saturated rings. The smallest absolute Gasteiger partial charge is 0.133 e. The predicted molar refractivity (Wildman–Crippen MR) is 68.6 cm³/mol. The van der Waals surface area contributed by atoms with Crippen molar-refractivity contribution in [2.75, 3.05) is 11.9 Å². The van der Waals surface area contributed by atoms with Crippen LogP contribution in [0.1, 0.15) is 33.1 Å². The fourth-order valence-electron chi connectivity index (χ4n) is 1.63. The fourth-order valence-corrected chi connectivity index (χ4v) is 1.63. The largest absolute Gasteiger partial charge is 0.385 e. The Bertz CT molecular complexity index is 306. The third-order valence-electron chi connectivity index (χ3n) is 2.37. The first kappa shape index (κ1) is 12.8. The molecule has 0 bridgehead atoms. The molecule has 0 aliphatic carbocycles. The summed E-state index contributed by atoms with van der Waals surface area (Å²) in [7, 11) is 0. The Balaban J connectivity index is 2.10. The van der Waals surface area contributed by atoms with E-state index in [9.17, 15) is 4.79 Å². The van der Waals surface area contributed by atoms with Gasteiger partial charge in [-0.3, -0.25) is 4.79 Å². The lowest BCUT2D eigenvalue weighted by Gasteiger charge is -2.06. The van der Waals surface area contributed by atoms with Crippen molar-refractivity contribution in [2.45, 2.75) is 33.1 Å². The monoisotopic (exact) mass is 219 g/mol. The number of nitrogens with one attached hydrogen (secondary N) is 1. The minimum absolute atomic E-state index is 0.380. The molecule has 0 unspecified atom stereocenters. The zero-order chi connectivity index (χ0) is 11.8. The van der Waals surface area contributed by atoms with Crippen LogP contribution in [0.4, 0.5) is 5.69 Å². The predicted octanol–water partition coefficient (Wildman–Crippen LogP) is 3.49. The van der Waals surface area contributed by atoms with E-state index >= 15 is 0 Å². The molecule has 0 saturated heterocycles. The lowest BCUT2D eigenvalue weighted by atomic mass is 10.0. The molecular weight excluding hydrogens is 198 g/mol. The maximum atomic E-state index is 11.4. The van der Waals surface area contributed by atoms with E-state index < -0.39 is 0 Å². The van der Waals surface area contributed by atoms with Crippen LogP contribution in [0.3, 0.4) is 0 Å². The molecule has 0 atom stereocenters. The Morgan fingerprint density at radius 1 is 1.25 bits per heavy atom. The number of carbonyl (C=O) groups excluding carboxylic acids is 1. The molecule has 1 aromatic rings. The molecule has 0 aliphatic heterocycles. The summed E-state index contributed by atoms with van der Waals surface area (Å²) < 4.78 is 0. The van der Waals surface area contributed by atoms with Crippen molar-refractivity contribution < 1.29 is 4.79 Å². The number of anilines is 1. The summed E-state index contributed by atoms with van der Waals surface area (Å²) in [5, 5.41) is 3.30. The molecule has 0 heterocycles. The second-order valence-electron chi connectivity index (χ2n) is 4.53. The number of ketones is 1. The van der Waals surface area contributed by atoms with E-state index in [1.54, 1.807) is 0 Å². The van der Waals surface area contributed by atoms with Crippen molar-refractivity contribution in [3.05, 3.63) is 30.3 Å². The molecule has 0 amide bonds. The van der Waals surface area contributed by atoms with Gasteiger partial charge in [0.1, 0.15) is 5.78 Å². The Morgan fingerprint density at radius 3 is 2.56 bits per heavy atom. The molecule has 16 heavy (non-hydrogen) atoms. The van der Waals surface area contributed by atoms with Gasteiger partial charge in [-0.05, 0) is 24.5 Å². The number of hydrogen-bond acceptors (Lipinski definition) is 2. The van der Waals surface area contributed by atoms with Gasteiger partial charge in [0.2, 0.25) is 0 Å². The van der Waals surface area contributed by atoms with Gasteiger partial charge >= 0.3 is 0 Å². The zero-order valence-corrected chi connectivity index (χ0v) is 10.2. The van der Waals surface area contributed by atoms with Gasteiger partial charge in [0.25, 0.3) is 0 Å². The molecule has 0 aliphatic rings. The maximum Gasteiger partial charge on any atom is 0.133 e. The summed E-state index contributed by atoms with van der Waals surface area (Å²) >= 11 is 0. The van der Waals surface area contributed by atoms with Crippen molar-refractivity contribution in [3.63, 3.8) is 0 Å². The van der Waals surface area contributed by atoms with Gasteiger partial charge in [0.15, 0.2) is 0 Å². The van der Waals surface area contributed by atoms with Crippen LogP contribution in [-0.4, -0.2) is 12.3 Å². The first-order valence-electron chi connectivity index (χ1n) is 5.99. The Morgan fingerprint density at radius 2 is 1.94 bits per heavy atom. The van der Waals surface area contributed by atoms with Crippen LogP contribution in [0, 0.1) is 5.92 Å². The first-order valence-corrected chi connectivity index (χ1v) is 5.99. The highest BCUT2D eigenvalue weighted by atomic mass is 16.1. The summed E-state index contributed by atoms with van der Waals surface area (Å²) in [4.78, 5) is 11.4. The quantitative estimate of drug-likeness (QED) is 0.711. The highest BCUT2D eigenvalue weighted by molar-refractivity contribution is 5.78. The second-order valence-corrected chi connectivity index (χ2v) is 4.53. The number of carbonyl (C=O) groups is 1. The van der Waals surface area contributed by atoms with Gasteiger partial charge in [-0.2, -0.15) is 0 Å². The molecule has 1 aromatic carbocycles. The molecule has 0 aromatic heterocycles. The minimum atomic E-state index is 0.380. The highest BCUT2D eigenvalue weighted by Crippen LogP contribution is 2.07. The average molecular weight is 219 g/mol. The third-order valence-corrected chi connectivity index (χ3v) is 2.37. The molecule has 0 radical (unpaired) electrons. The van der Waals surface area contributed by atoms with E-state index in [2.05, 4.69) is 19.2 Å². The Kier molecular flexibility index (Phi) is 5.62. The number of para-hydroxylation sites is 1. The van der Waals surface area contributed by atoms with Crippen LogP contribution in [0.2, 0.25) is 0 Å². The van der Waals surface area contributed by atoms with Crippen LogP contribution in [0.25, 0.3) is 0 Å². The van der Waals surface area contributed by atoms with Crippen LogP contribution in [0.5, 0.6) is 0 Å². The number of rotatable bonds is 7. The second kappa shape index (κ2) is 7.04. The maximum absolute atomic E-state index is 11.4. The van der Waals surface area contributed by atoms with Crippen LogP contribution in [0.15, 0.2) is 30.3 Å². The van der Waals surface area contributed by atoms with Crippen LogP contribution < -0.4 is 5.32 Å². The summed E-state index contributed by atoms with van der Waals surface area (Å²) in [6.07, 6.45) is 2.32. The number of benzene rings is 1. The van der Waals surface area contributed by atoms with E-state index in [0.29, 0.717) is 24.5 Å². The molecular formula is C14H21NO.